The van der Waals surface area contributed by atoms with E-state index in [0.29, 0.717) is 42.7 Å². The zero-order valence-corrected chi connectivity index (χ0v) is 16.9. The van der Waals surface area contributed by atoms with Crippen LogP contribution in [0.25, 0.3) is 0 Å². The zero-order chi connectivity index (χ0) is 20.3. The highest BCUT2D eigenvalue weighted by Crippen LogP contribution is 2.20. The predicted molar refractivity (Wildman–Crippen MR) is 112 cm³/mol. The van der Waals surface area contributed by atoms with Crippen molar-refractivity contribution in [3.05, 3.63) is 66.4 Å². The molecule has 0 saturated carbocycles. The third-order valence-corrected chi connectivity index (χ3v) is 6.67. The molecule has 0 unspecified atom stereocenters. The monoisotopic (exact) mass is 410 g/mol. The van der Waals surface area contributed by atoms with Gasteiger partial charge in [-0.15, -0.1) is 10.2 Å². The van der Waals surface area contributed by atoms with Gasteiger partial charge in [0.25, 0.3) is 0 Å². The number of pyridine rings is 1. The average molecular weight is 411 g/mol. The summed E-state index contributed by atoms with van der Waals surface area (Å²) in [4.78, 5) is 6.66. The minimum atomic E-state index is -3.46. The van der Waals surface area contributed by atoms with Crippen molar-refractivity contribution in [3.8, 4) is 0 Å². The first kappa shape index (κ1) is 19.3. The molecule has 0 atom stereocenters. The fourth-order valence-corrected chi connectivity index (χ4v) is 4.58. The Hall–Kier alpha value is -3.04. The normalized spacial score (nSPS) is 15.3. The van der Waals surface area contributed by atoms with Gasteiger partial charge < -0.3 is 10.2 Å². The fourth-order valence-electron chi connectivity index (χ4n) is 3.13. The van der Waals surface area contributed by atoms with Gasteiger partial charge in [0.05, 0.1) is 4.90 Å². The second-order valence-electron chi connectivity index (χ2n) is 6.83. The van der Waals surface area contributed by atoms with Crippen LogP contribution in [0.2, 0.25) is 0 Å². The van der Waals surface area contributed by atoms with Crippen LogP contribution < -0.4 is 10.2 Å². The van der Waals surface area contributed by atoms with E-state index in [9.17, 15) is 8.42 Å². The largest absolute Gasteiger partial charge is 0.352 e. The van der Waals surface area contributed by atoms with Crippen molar-refractivity contribution in [2.24, 2.45) is 0 Å². The Balaban J connectivity index is 1.38. The predicted octanol–water partition coefficient (Wildman–Crippen LogP) is 2.43. The van der Waals surface area contributed by atoms with E-state index in [2.05, 4.69) is 20.5 Å². The van der Waals surface area contributed by atoms with Gasteiger partial charge >= 0.3 is 0 Å². The van der Waals surface area contributed by atoms with Crippen molar-refractivity contribution >= 4 is 27.5 Å². The van der Waals surface area contributed by atoms with Gasteiger partial charge in [-0.1, -0.05) is 24.3 Å². The van der Waals surface area contributed by atoms with Crippen molar-refractivity contribution < 1.29 is 8.42 Å². The molecule has 2 aromatic heterocycles. The molecular weight excluding hydrogens is 388 g/mol. The van der Waals surface area contributed by atoms with Crippen LogP contribution in [-0.2, 0) is 10.0 Å². The van der Waals surface area contributed by atoms with Crippen LogP contribution in [0.3, 0.4) is 0 Å². The summed E-state index contributed by atoms with van der Waals surface area (Å²) >= 11 is 0. The third-order valence-electron chi connectivity index (χ3n) is 4.76. The van der Waals surface area contributed by atoms with Crippen LogP contribution in [-0.4, -0.2) is 54.1 Å². The van der Waals surface area contributed by atoms with Crippen molar-refractivity contribution in [1.82, 2.24) is 19.5 Å². The number of aryl methyl sites for hydroxylation is 1. The van der Waals surface area contributed by atoms with E-state index >= 15 is 0 Å². The number of sulfonamides is 1. The molecule has 1 fully saturated rings. The van der Waals surface area contributed by atoms with Crippen LogP contribution in [0.5, 0.6) is 0 Å². The first-order chi connectivity index (χ1) is 14.0. The molecule has 1 aromatic carbocycles. The number of aromatic nitrogens is 3. The van der Waals surface area contributed by atoms with E-state index in [4.69, 9.17) is 0 Å². The highest BCUT2D eigenvalue weighted by atomic mass is 32.2. The van der Waals surface area contributed by atoms with E-state index < -0.39 is 10.0 Å². The molecule has 1 N–H and O–H groups in total. The molecule has 150 valence electrons. The van der Waals surface area contributed by atoms with Gasteiger partial charge in [0.2, 0.25) is 10.0 Å². The van der Waals surface area contributed by atoms with Crippen LogP contribution in [0.1, 0.15) is 5.56 Å². The Labute approximate surface area is 170 Å². The Morgan fingerprint density at radius 3 is 2.21 bits per heavy atom. The Bertz CT molecular complexity index is 1050. The second kappa shape index (κ2) is 8.14. The molecule has 3 aromatic rings. The van der Waals surface area contributed by atoms with Crippen molar-refractivity contribution in [1.29, 1.82) is 0 Å². The minimum absolute atomic E-state index is 0.327. The van der Waals surface area contributed by atoms with Crippen molar-refractivity contribution in [3.63, 3.8) is 0 Å². The number of hydrogen-bond acceptors (Lipinski definition) is 7. The lowest BCUT2D eigenvalue weighted by molar-refractivity contribution is 0.383. The van der Waals surface area contributed by atoms with Gasteiger partial charge in [-0.25, -0.2) is 13.4 Å². The van der Waals surface area contributed by atoms with Crippen molar-refractivity contribution in [2.45, 2.75) is 11.8 Å². The molecule has 9 heteroatoms. The molecule has 0 aliphatic carbocycles. The maximum Gasteiger partial charge on any atom is 0.243 e. The molecule has 0 radical (unpaired) electrons. The van der Waals surface area contributed by atoms with E-state index in [1.807, 2.05) is 42.2 Å². The van der Waals surface area contributed by atoms with Crippen LogP contribution in [0.4, 0.5) is 17.5 Å². The summed E-state index contributed by atoms with van der Waals surface area (Å²) in [5, 5.41) is 11.6. The zero-order valence-electron chi connectivity index (χ0n) is 16.1. The molecule has 1 saturated heterocycles. The number of nitrogens with one attached hydrogen (secondary N) is 1. The van der Waals surface area contributed by atoms with E-state index in [1.54, 1.807) is 30.5 Å². The number of piperazine rings is 1. The van der Waals surface area contributed by atoms with Gasteiger partial charge in [0, 0.05) is 32.4 Å². The molecule has 8 nitrogen and oxygen atoms in total. The third kappa shape index (κ3) is 4.36. The maximum atomic E-state index is 12.7. The smallest absolute Gasteiger partial charge is 0.243 e. The number of hydrogen-bond donors (Lipinski definition) is 1. The molecule has 0 spiro atoms. The Morgan fingerprint density at radius 2 is 1.59 bits per heavy atom. The first-order valence-corrected chi connectivity index (χ1v) is 10.8. The Kier molecular flexibility index (Phi) is 5.41. The number of nitrogens with zero attached hydrogens (tertiary/aromatic N) is 5. The van der Waals surface area contributed by atoms with Crippen molar-refractivity contribution in [2.75, 3.05) is 36.4 Å². The Morgan fingerprint density at radius 1 is 0.862 bits per heavy atom. The van der Waals surface area contributed by atoms with E-state index in [-0.39, 0.29) is 0 Å². The number of rotatable bonds is 5. The highest BCUT2D eigenvalue weighted by Gasteiger charge is 2.28. The molecule has 1 aliphatic rings. The molecule has 0 amide bonds. The summed E-state index contributed by atoms with van der Waals surface area (Å²) in [6, 6.07) is 16.1. The summed E-state index contributed by atoms with van der Waals surface area (Å²) in [5.74, 6) is 2.04. The van der Waals surface area contributed by atoms with Gasteiger partial charge in [0.15, 0.2) is 11.6 Å². The molecule has 0 bridgehead atoms. The highest BCUT2D eigenvalue weighted by molar-refractivity contribution is 7.89. The molecule has 4 rings (SSSR count). The molecule has 1 aliphatic heterocycles. The SMILES string of the molecule is Cc1ccc(Nc2ccc(N3CCN(S(=O)(=O)c4ccccc4)CC3)nn2)nc1. The summed E-state index contributed by atoms with van der Waals surface area (Å²) in [6.45, 7) is 3.93. The second-order valence-corrected chi connectivity index (χ2v) is 8.76. The van der Waals surface area contributed by atoms with Crippen LogP contribution in [0, 0.1) is 6.92 Å². The lowest BCUT2D eigenvalue weighted by atomic mass is 10.3. The topological polar surface area (TPSA) is 91.3 Å². The minimum Gasteiger partial charge on any atom is -0.352 e. The van der Waals surface area contributed by atoms with Gasteiger partial charge in [-0.2, -0.15) is 4.31 Å². The first-order valence-electron chi connectivity index (χ1n) is 9.36. The van der Waals surface area contributed by atoms with Gasteiger partial charge in [0.1, 0.15) is 5.82 Å². The lowest BCUT2D eigenvalue weighted by Crippen LogP contribution is -2.48. The molecule has 3 heterocycles. The summed E-state index contributed by atoms with van der Waals surface area (Å²) in [7, 11) is -3.46. The maximum absolute atomic E-state index is 12.7. The fraction of sp³-hybridized carbons (Fsp3) is 0.250. The number of anilines is 3. The van der Waals surface area contributed by atoms with Gasteiger partial charge in [-0.3, -0.25) is 0 Å². The summed E-state index contributed by atoms with van der Waals surface area (Å²) < 4.78 is 27.0. The molecular formula is C20H22N6O2S. The standard InChI is InChI=1S/C20H22N6O2S/c1-16-7-8-18(21-15-16)22-19-9-10-20(24-23-19)25-11-13-26(14-12-25)29(27,28)17-5-3-2-4-6-17/h2-10,15H,11-14H2,1H3,(H,21,22,23). The van der Waals surface area contributed by atoms with Crippen LogP contribution in [0.15, 0.2) is 65.7 Å². The lowest BCUT2D eigenvalue weighted by Gasteiger charge is -2.34. The quantitative estimate of drug-likeness (QED) is 0.691. The average Bonchev–Trinajstić information content (AvgIpc) is 2.77. The molecule has 29 heavy (non-hydrogen) atoms. The van der Waals surface area contributed by atoms with E-state index in [1.165, 1.54) is 4.31 Å². The van der Waals surface area contributed by atoms with Gasteiger partial charge in [-0.05, 0) is 42.8 Å². The van der Waals surface area contributed by atoms with E-state index in [0.717, 1.165) is 11.4 Å². The number of benzene rings is 1. The summed E-state index contributed by atoms with van der Waals surface area (Å²) in [5.41, 5.74) is 1.09. The summed E-state index contributed by atoms with van der Waals surface area (Å²) in [6.07, 6.45) is 1.78. The van der Waals surface area contributed by atoms with Crippen LogP contribution >= 0.6 is 0 Å².